The quantitative estimate of drug-likeness (QED) is 0.567. The minimum absolute atomic E-state index is 0.320. The summed E-state index contributed by atoms with van der Waals surface area (Å²) < 4.78 is 15.1. The fourth-order valence-electron chi connectivity index (χ4n) is 2.98. The van der Waals surface area contributed by atoms with Gasteiger partial charge in [0, 0.05) is 6.54 Å². The molecule has 0 saturated carbocycles. The Balaban J connectivity index is 2.88. The lowest BCUT2D eigenvalue weighted by molar-refractivity contribution is -0.153. The molecule has 0 radical (unpaired) electrons. The number of amides is 1. The summed E-state index contributed by atoms with van der Waals surface area (Å²) in [4.78, 5) is 38.0. The van der Waals surface area contributed by atoms with Crippen LogP contribution in [0.2, 0.25) is 0 Å². The minimum Gasteiger partial charge on any atom is -0.468 e. The van der Waals surface area contributed by atoms with E-state index in [9.17, 15) is 14.4 Å². The van der Waals surface area contributed by atoms with Crippen LogP contribution in [0.1, 0.15) is 47.0 Å². The lowest BCUT2D eigenvalue weighted by Crippen LogP contribution is -2.56. The van der Waals surface area contributed by atoms with Gasteiger partial charge in [-0.15, -0.1) is 0 Å². The maximum absolute atomic E-state index is 12.5. The van der Waals surface area contributed by atoms with E-state index in [1.54, 1.807) is 27.7 Å². The zero-order valence-electron chi connectivity index (χ0n) is 16.0. The molecule has 0 spiro atoms. The molecule has 2 atom stereocenters. The van der Waals surface area contributed by atoms with E-state index >= 15 is 0 Å². The van der Waals surface area contributed by atoms with E-state index in [4.69, 9.17) is 9.47 Å². The highest BCUT2D eigenvalue weighted by atomic mass is 16.6. The lowest BCUT2D eigenvalue weighted by Gasteiger charge is -2.37. The number of ether oxygens (including phenoxy) is 3. The molecule has 1 heterocycles. The Hall–Kier alpha value is -1.83. The number of nitrogens with zero attached hydrogens (tertiary/aromatic N) is 1. The molecular weight excluding hydrogens is 328 g/mol. The zero-order valence-corrected chi connectivity index (χ0v) is 16.0. The summed E-state index contributed by atoms with van der Waals surface area (Å²) in [6.45, 7) is 7.79. The monoisotopic (exact) mass is 358 g/mol. The summed E-state index contributed by atoms with van der Waals surface area (Å²) >= 11 is 0. The van der Waals surface area contributed by atoms with Gasteiger partial charge in [0.15, 0.2) is 0 Å². The van der Waals surface area contributed by atoms with E-state index in [0.29, 0.717) is 32.4 Å². The maximum atomic E-state index is 12.5. The summed E-state index contributed by atoms with van der Waals surface area (Å²) in [5.41, 5.74) is -1.74. The fraction of sp³-hybridized carbons (Fsp3) is 0.824. The van der Waals surface area contributed by atoms with Crippen molar-refractivity contribution < 1.29 is 28.6 Å². The highest BCUT2D eigenvalue weighted by Gasteiger charge is 2.51. The molecule has 0 aromatic rings. The highest BCUT2D eigenvalue weighted by Crippen LogP contribution is 2.35. The van der Waals surface area contributed by atoms with E-state index in [0.717, 1.165) is 0 Å². The summed E-state index contributed by atoms with van der Waals surface area (Å²) in [6.07, 6.45) is 0.963. The van der Waals surface area contributed by atoms with Gasteiger partial charge in [0.25, 0.3) is 0 Å². The van der Waals surface area contributed by atoms with Crippen LogP contribution >= 0.6 is 0 Å². The van der Waals surface area contributed by atoms with Crippen molar-refractivity contribution in [1.82, 2.24) is 10.2 Å². The third-order valence-electron chi connectivity index (χ3n) is 4.21. The van der Waals surface area contributed by atoms with E-state index in [2.05, 4.69) is 10.1 Å². The number of rotatable bonds is 6. The lowest BCUT2D eigenvalue weighted by atomic mass is 9.92. The molecule has 1 saturated heterocycles. The van der Waals surface area contributed by atoms with Crippen LogP contribution in [0, 0.1) is 0 Å². The number of hydrogen-bond acceptors (Lipinski definition) is 7. The smallest absolute Gasteiger partial charge is 0.411 e. The average molecular weight is 358 g/mol. The summed E-state index contributed by atoms with van der Waals surface area (Å²) in [7, 11) is 2.62. The molecule has 8 nitrogen and oxygen atoms in total. The van der Waals surface area contributed by atoms with Crippen LogP contribution in [-0.2, 0) is 23.8 Å². The Labute approximate surface area is 149 Å². The van der Waals surface area contributed by atoms with Gasteiger partial charge >= 0.3 is 18.0 Å². The van der Waals surface area contributed by atoms with Gasteiger partial charge in [-0.05, 0) is 53.5 Å². The van der Waals surface area contributed by atoms with Gasteiger partial charge in [-0.25, -0.2) is 9.59 Å². The number of methoxy groups -OCH3 is 2. The van der Waals surface area contributed by atoms with Crippen molar-refractivity contribution in [2.75, 3.05) is 27.3 Å². The fourth-order valence-corrected chi connectivity index (χ4v) is 2.98. The van der Waals surface area contributed by atoms with E-state index < -0.39 is 29.2 Å². The van der Waals surface area contributed by atoms with Crippen LogP contribution in [0.15, 0.2) is 0 Å². The second-order valence-electron chi connectivity index (χ2n) is 7.21. The van der Waals surface area contributed by atoms with Crippen LogP contribution in [0.5, 0.6) is 0 Å². The van der Waals surface area contributed by atoms with Gasteiger partial charge in [-0.2, -0.15) is 0 Å². The SMILES string of the molecule is COC(=O)[C@H](C)NCC[C@@]1(C(=O)OC)CCCN1C(=O)OC(C)(C)C. The number of carbonyl (C=O) groups is 3. The van der Waals surface area contributed by atoms with Gasteiger partial charge in [0.2, 0.25) is 0 Å². The second-order valence-corrected chi connectivity index (χ2v) is 7.21. The molecular formula is C17H30N2O6. The Bertz CT molecular complexity index is 502. The van der Waals surface area contributed by atoms with Gasteiger partial charge in [0.1, 0.15) is 17.2 Å². The van der Waals surface area contributed by atoms with Crippen LogP contribution < -0.4 is 5.32 Å². The van der Waals surface area contributed by atoms with Gasteiger partial charge < -0.3 is 19.5 Å². The first kappa shape index (κ1) is 21.2. The Kier molecular flexibility index (Phi) is 7.22. The van der Waals surface area contributed by atoms with Crippen molar-refractivity contribution in [2.45, 2.75) is 64.1 Å². The molecule has 0 aliphatic carbocycles. The molecule has 0 aromatic heterocycles. The predicted octanol–water partition coefficient (Wildman–Crippen LogP) is 1.47. The van der Waals surface area contributed by atoms with Crippen molar-refractivity contribution in [2.24, 2.45) is 0 Å². The second kappa shape index (κ2) is 8.51. The molecule has 1 aliphatic rings. The number of likely N-dealkylation sites (tertiary alicyclic amines) is 1. The molecule has 0 aromatic carbocycles. The molecule has 1 rings (SSSR count). The third-order valence-corrected chi connectivity index (χ3v) is 4.21. The highest BCUT2D eigenvalue weighted by molar-refractivity contribution is 5.86. The average Bonchev–Trinajstić information content (AvgIpc) is 2.96. The maximum Gasteiger partial charge on any atom is 0.411 e. The van der Waals surface area contributed by atoms with Crippen molar-refractivity contribution in [1.29, 1.82) is 0 Å². The summed E-state index contributed by atoms with van der Waals surface area (Å²) in [6, 6.07) is -0.504. The molecule has 1 fully saturated rings. The molecule has 0 bridgehead atoms. The van der Waals surface area contributed by atoms with Crippen LogP contribution in [0.4, 0.5) is 4.79 Å². The van der Waals surface area contributed by atoms with Crippen molar-refractivity contribution in [3.8, 4) is 0 Å². The van der Waals surface area contributed by atoms with E-state index in [-0.39, 0.29) is 5.97 Å². The molecule has 8 heteroatoms. The summed E-state index contributed by atoms with van der Waals surface area (Å²) in [5, 5.41) is 3.01. The first-order valence-corrected chi connectivity index (χ1v) is 8.47. The number of hydrogen-bond donors (Lipinski definition) is 1. The first-order valence-electron chi connectivity index (χ1n) is 8.47. The summed E-state index contributed by atoms with van der Waals surface area (Å²) in [5.74, 6) is -0.856. The minimum atomic E-state index is -1.08. The normalized spacial score (nSPS) is 21.6. The van der Waals surface area contributed by atoms with E-state index in [1.165, 1.54) is 19.1 Å². The molecule has 1 aliphatic heterocycles. The molecule has 0 unspecified atom stereocenters. The third kappa shape index (κ3) is 5.32. The van der Waals surface area contributed by atoms with E-state index in [1.807, 2.05) is 0 Å². The Morgan fingerprint density at radius 1 is 1.20 bits per heavy atom. The van der Waals surface area contributed by atoms with Gasteiger partial charge in [0.05, 0.1) is 14.2 Å². The van der Waals surface area contributed by atoms with Crippen molar-refractivity contribution >= 4 is 18.0 Å². The number of nitrogens with one attached hydrogen (secondary N) is 1. The standard InChI is InChI=1S/C17H30N2O6/c1-12(13(20)23-5)18-10-9-17(14(21)24-6)8-7-11-19(17)15(22)25-16(2,3)4/h12,18H,7-11H2,1-6H3/t12-,17+/m0/s1. The van der Waals surface area contributed by atoms with Crippen LogP contribution in [0.3, 0.4) is 0 Å². The zero-order chi connectivity index (χ0) is 19.3. The number of esters is 2. The largest absolute Gasteiger partial charge is 0.468 e. The molecule has 1 N–H and O–H groups in total. The van der Waals surface area contributed by atoms with Crippen molar-refractivity contribution in [3.05, 3.63) is 0 Å². The molecule has 25 heavy (non-hydrogen) atoms. The Morgan fingerprint density at radius 3 is 2.36 bits per heavy atom. The number of carbonyl (C=O) groups excluding carboxylic acids is 3. The predicted molar refractivity (Wildman–Crippen MR) is 91.0 cm³/mol. The molecule has 1 amide bonds. The van der Waals surface area contributed by atoms with Crippen molar-refractivity contribution in [3.63, 3.8) is 0 Å². The van der Waals surface area contributed by atoms with Gasteiger partial charge in [-0.1, -0.05) is 0 Å². The van der Waals surface area contributed by atoms with Crippen LogP contribution in [0.25, 0.3) is 0 Å². The molecule has 144 valence electrons. The van der Waals surface area contributed by atoms with Crippen LogP contribution in [-0.4, -0.2) is 67.4 Å². The Morgan fingerprint density at radius 2 is 1.84 bits per heavy atom. The topological polar surface area (TPSA) is 94.2 Å². The van der Waals surface area contributed by atoms with Gasteiger partial charge in [-0.3, -0.25) is 9.69 Å². The first-order chi connectivity index (χ1) is 11.6.